The summed E-state index contributed by atoms with van der Waals surface area (Å²) in [5.74, 6) is 3.53. The molecule has 114 valence electrons. The van der Waals surface area contributed by atoms with Gasteiger partial charge in [-0.2, -0.15) is 0 Å². The molecule has 0 aliphatic heterocycles. The molecule has 1 aromatic heterocycles. The first-order chi connectivity index (χ1) is 9.34. The van der Waals surface area contributed by atoms with Gasteiger partial charge in [0.2, 0.25) is 0 Å². The first kappa shape index (κ1) is 15.4. The van der Waals surface area contributed by atoms with Gasteiger partial charge in [-0.05, 0) is 25.2 Å². The molecule has 0 bridgehead atoms. The summed E-state index contributed by atoms with van der Waals surface area (Å²) in [7, 11) is 0. The maximum atomic E-state index is 6.45. The molecule has 1 heterocycles. The fourth-order valence-corrected chi connectivity index (χ4v) is 3.34. The van der Waals surface area contributed by atoms with Crippen LogP contribution in [0.25, 0.3) is 0 Å². The topological polar surface area (TPSA) is 43.8 Å². The van der Waals surface area contributed by atoms with Crippen LogP contribution in [0.3, 0.4) is 0 Å². The average Bonchev–Trinajstić information content (AvgIpc) is 2.69. The minimum absolute atomic E-state index is 0.0590. The third-order valence-electron chi connectivity index (χ3n) is 4.56. The molecule has 2 rings (SSSR count). The Labute approximate surface area is 124 Å². The van der Waals surface area contributed by atoms with Crippen molar-refractivity contribution in [2.45, 2.75) is 84.6 Å². The Bertz CT molecular complexity index is 446. The molecule has 0 unspecified atom stereocenters. The van der Waals surface area contributed by atoms with Gasteiger partial charge in [0.15, 0.2) is 0 Å². The number of anilines is 1. The third-order valence-corrected chi connectivity index (χ3v) is 4.56. The van der Waals surface area contributed by atoms with E-state index in [1.165, 1.54) is 31.4 Å². The third kappa shape index (κ3) is 3.02. The Morgan fingerprint density at radius 1 is 1.20 bits per heavy atom. The quantitative estimate of drug-likeness (QED) is 0.886. The fourth-order valence-electron chi connectivity index (χ4n) is 3.34. The van der Waals surface area contributed by atoms with Crippen molar-refractivity contribution in [3.63, 3.8) is 0 Å². The van der Waals surface area contributed by atoms with Crippen molar-refractivity contribution in [2.75, 3.05) is 5.73 Å². The van der Waals surface area contributed by atoms with Crippen LogP contribution >= 0.6 is 0 Å². The van der Waals surface area contributed by atoms with Crippen LogP contribution in [0.5, 0.6) is 0 Å². The maximum Gasteiger partial charge on any atom is 0.127 e. The molecule has 1 fully saturated rings. The normalized spacial score (nSPS) is 24.1. The van der Waals surface area contributed by atoms with Crippen molar-refractivity contribution in [3.8, 4) is 0 Å². The van der Waals surface area contributed by atoms with E-state index in [1.54, 1.807) is 0 Å². The highest BCUT2D eigenvalue weighted by atomic mass is 15.2. The molecule has 2 N–H and O–H groups in total. The van der Waals surface area contributed by atoms with Gasteiger partial charge in [-0.15, -0.1) is 0 Å². The standard InChI is InChI=1S/C17H31N3/c1-6-11-20-15(18)14(19-16(20)17(3,4)5)13-9-7-12(2)8-10-13/h12-13H,6-11,18H2,1-5H3. The highest BCUT2D eigenvalue weighted by molar-refractivity contribution is 5.42. The summed E-state index contributed by atoms with van der Waals surface area (Å²) in [6, 6.07) is 0. The van der Waals surface area contributed by atoms with Crippen molar-refractivity contribution < 1.29 is 0 Å². The second kappa shape index (κ2) is 5.79. The van der Waals surface area contributed by atoms with Crippen LogP contribution in [0.15, 0.2) is 0 Å². The van der Waals surface area contributed by atoms with Gasteiger partial charge in [-0.25, -0.2) is 4.98 Å². The lowest BCUT2D eigenvalue weighted by molar-refractivity contribution is 0.344. The van der Waals surface area contributed by atoms with Gasteiger partial charge >= 0.3 is 0 Å². The van der Waals surface area contributed by atoms with Crippen molar-refractivity contribution >= 4 is 5.82 Å². The van der Waals surface area contributed by atoms with E-state index < -0.39 is 0 Å². The Morgan fingerprint density at radius 2 is 1.80 bits per heavy atom. The smallest absolute Gasteiger partial charge is 0.127 e. The predicted octanol–water partition coefficient (Wildman–Crippen LogP) is 4.47. The molecule has 0 saturated heterocycles. The van der Waals surface area contributed by atoms with Crippen molar-refractivity contribution in [2.24, 2.45) is 5.92 Å². The number of aromatic nitrogens is 2. The molecule has 1 aromatic rings. The molecule has 3 nitrogen and oxygen atoms in total. The summed E-state index contributed by atoms with van der Waals surface area (Å²) in [5, 5.41) is 0. The molecular formula is C17H31N3. The van der Waals surface area contributed by atoms with Gasteiger partial charge in [0, 0.05) is 17.9 Å². The number of hydrogen-bond donors (Lipinski definition) is 1. The number of nitrogens with two attached hydrogens (primary N) is 1. The van der Waals surface area contributed by atoms with E-state index >= 15 is 0 Å². The monoisotopic (exact) mass is 277 g/mol. The summed E-state index contributed by atoms with van der Waals surface area (Å²) in [6.45, 7) is 12.2. The van der Waals surface area contributed by atoms with Crippen LogP contribution in [-0.4, -0.2) is 9.55 Å². The van der Waals surface area contributed by atoms with Crippen molar-refractivity contribution in [3.05, 3.63) is 11.5 Å². The van der Waals surface area contributed by atoms with E-state index in [0.717, 1.165) is 30.5 Å². The highest BCUT2D eigenvalue weighted by Crippen LogP contribution is 2.39. The summed E-state index contributed by atoms with van der Waals surface area (Å²) in [6.07, 6.45) is 6.23. The van der Waals surface area contributed by atoms with Crippen LogP contribution in [0.4, 0.5) is 5.82 Å². The van der Waals surface area contributed by atoms with Crippen LogP contribution in [0.2, 0.25) is 0 Å². The van der Waals surface area contributed by atoms with E-state index in [-0.39, 0.29) is 5.41 Å². The zero-order valence-corrected chi connectivity index (χ0v) is 13.9. The van der Waals surface area contributed by atoms with Gasteiger partial charge in [0.1, 0.15) is 11.6 Å². The zero-order valence-electron chi connectivity index (χ0n) is 13.9. The molecule has 0 atom stereocenters. The van der Waals surface area contributed by atoms with Gasteiger partial charge in [-0.3, -0.25) is 0 Å². The lowest BCUT2D eigenvalue weighted by atomic mass is 9.81. The van der Waals surface area contributed by atoms with Crippen LogP contribution < -0.4 is 5.73 Å². The lowest BCUT2D eigenvalue weighted by Crippen LogP contribution is -2.19. The largest absolute Gasteiger partial charge is 0.384 e. The van der Waals surface area contributed by atoms with Gasteiger partial charge in [0.05, 0.1) is 5.69 Å². The molecule has 0 aromatic carbocycles. The summed E-state index contributed by atoms with van der Waals surface area (Å²) >= 11 is 0. The first-order valence-corrected chi connectivity index (χ1v) is 8.21. The molecule has 0 spiro atoms. The molecule has 1 aliphatic carbocycles. The number of nitrogens with zero attached hydrogens (tertiary/aromatic N) is 2. The zero-order chi connectivity index (χ0) is 14.9. The van der Waals surface area contributed by atoms with Crippen molar-refractivity contribution in [1.29, 1.82) is 0 Å². The van der Waals surface area contributed by atoms with E-state index in [4.69, 9.17) is 10.7 Å². The maximum absolute atomic E-state index is 6.45. The van der Waals surface area contributed by atoms with E-state index in [2.05, 4.69) is 39.2 Å². The Morgan fingerprint density at radius 3 is 2.30 bits per heavy atom. The molecule has 3 heteroatoms. The van der Waals surface area contributed by atoms with Crippen molar-refractivity contribution in [1.82, 2.24) is 9.55 Å². The van der Waals surface area contributed by atoms with E-state index in [1.807, 2.05) is 0 Å². The minimum atomic E-state index is 0.0590. The highest BCUT2D eigenvalue weighted by Gasteiger charge is 2.29. The molecule has 1 saturated carbocycles. The Hall–Kier alpha value is -0.990. The molecule has 0 amide bonds. The number of hydrogen-bond acceptors (Lipinski definition) is 2. The first-order valence-electron chi connectivity index (χ1n) is 8.21. The Balaban J connectivity index is 2.34. The fraction of sp³-hybridized carbons (Fsp3) is 0.824. The minimum Gasteiger partial charge on any atom is -0.384 e. The summed E-state index contributed by atoms with van der Waals surface area (Å²) < 4.78 is 2.26. The molecule has 20 heavy (non-hydrogen) atoms. The molecule has 0 radical (unpaired) electrons. The SMILES string of the molecule is CCCn1c(C(C)(C)C)nc(C2CCC(C)CC2)c1N. The lowest BCUT2D eigenvalue weighted by Gasteiger charge is -2.25. The number of nitrogen functional groups attached to an aromatic ring is 1. The van der Waals surface area contributed by atoms with Gasteiger partial charge < -0.3 is 10.3 Å². The molecule has 1 aliphatic rings. The second-order valence-electron chi connectivity index (χ2n) is 7.56. The Kier molecular flexibility index (Phi) is 4.46. The summed E-state index contributed by atoms with van der Waals surface area (Å²) in [5.41, 5.74) is 7.69. The predicted molar refractivity (Wildman–Crippen MR) is 86.0 cm³/mol. The number of imidazole rings is 1. The van der Waals surface area contributed by atoms with E-state index in [0.29, 0.717) is 5.92 Å². The van der Waals surface area contributed by atoms with Crippen LogP contribution in [0, 0.1) is 5.92 Å². The van der Waals surface area contributed by atoms with E-state index in [9.17, 15) is 0 Å². The van der Waals surface area contributed by atoms with Crippen LogP contribution in [0.1, 0.15) is 84.2 Å². The molecular weight excluding hydrogens is 246 g/mol. The second-order valence-corrected chi connectivity index (χ2v) is 7.56. The van der Waals surface area contributed by atoms with Gasteiger partial charge in [0.25, 0.3) is 0 Å². The average molecular weight is 277 g/mol. The summed E-state index contributed by atoms with van der Waals surface area (Å²) in [4.78, 5) is 4.99. The van der Waals surface area contributed by atoms with Crippen LogP contribution in [-0.2, 0) is 12.0 Å². The number of rotatable bonds is 3. The van der Waals surface area contributed by atoms with Gasteiger partial charge in [-0.1, -0.05) is 47.5 Å².